The molecule has 1 aliphatic heterocycles. The summed E-state index contributed by atoms with van der Waals surface area (Å²) in [4.78, 5) is 50.0. The van der Waals surface area contributed by atoms with E-state index >= 15 is 0 Å². The molecule has 50 heavy (non-hydrogen) atoms. The Kier molecular flexibility index (Phi) is 10.7. The van der Waals surface area contributed by atoms with Gasteiger partial charge in [-0.25, -0.2) is 29.7 Å². The second kappa shape index (κ2) is 14.0. The van der Waals surface area contributed by atoms with E-state index in [2.05, 4.69) is 92.7 Å². The molecule has 0 atom stereocenters. The monoisotopic (exact) mass is 766 g/mol. The summed E-state index contributed by atoms with van der Waals surface area (Å²) in [6.07, 6.45) is 6.13. The third-order valence-electron chi connectivity index (χ3n) is 9.76. The number of halogens is 1. The lowest BCUT2D eigenvalue weighted by Gasteiger charge is -2.32. The molecule has 272 valence electrons. The first-order valence-corrected chi connectivity index (χ1v) is 19.9. The Morgan fingerprint density at radius 1 is 0.800 bits per heavy atom. The maximum absolute atomic E-state index is 12.4. The van der Waals surface area contributed by atoms with Crippen LogP contribution in [0.25, 0.3) is 11.4 Å². The molecule has 0 radical (unpaired) electrons. The van der Waals surface area contributed by atoms with Gasteiger partial charge in [-0.15, -0.1) is 11.3 Å². The molecule has 0 N–H and O–H groups in total. The van der Waals surface area contributed by atoms with E-state index in [0.717, 1.165) is 78.0 Å². The number of piperidine rings is 1. The van der Waals surface area contributed by atoms with Crippen molar-refractivity contribution < 1.29 is 14.3 Å². The number of hydrogen-bond donors (Lipinski definition) is 0. The van der Waals surface area contributed by atoms with Crippen LogP contribution in [0.4, 0.5) is 4.79 Å². The Morgan fingerprint density at radius 2 is 1.32 bits per heavy atom. The summed E-state index contributed by atoms with van der Waals surface area (Å²) >= 11 is 4.91. The van der Waals surface area contributed by atoms with Crippen LogP contribution in [-0.2, 0) is 26.4 Å². The minimum Gasteiger partial charge on any atom is -0.444 e. The molecule has 2 saturated carbocycles. The van der Waals surface area contributed by atoms with Crippen LogP contribution in [0.1, 0.15) is 159 Å². The van der Waals surface area contributed by atoms with Crippen molar-refractivity contribution in [2.75, 3.05) is 18.4 Å². The van der Waals surface area contributed by atoms with E-state index < -0.39 is 5.60 Å². The third-order valence-corrected chi connectivity index (χ3v) is 11.3. The molecule has 0 aromatic carbocycles. The summed E-state index contributed by atoms with van der Waals surface area (Å²) in [6, 6.07) is 3.94. The first kappa shape index (κ1) is 38.4. The minimum absolute atomic E-state index is 0.0217. The van der Waals surface area contributed by atoms with Crippen LogP contribution in [0.15, 0.2) is 17.5 Å². The van der Waals surface area contributed by atoms with Crippen molar-refractivity contribution in [1.29, 1.82) is 0 Å². The van der Waals surface area contributed by atoms with Crippen molar-refractivity contribution in [3.05, 3.63) is 51.3 Å². The Hall–Kier alpha value is -2.79. The van der Waals surface area contributed by atoms with Gasteiger partial charge in [-0.05, 0) is 71.4 Å². The van der Waals surface area contributed by atoms with Gasteiger partial charge in [-0.3, -0.25) is 4.79 Å². The van der Waals surface area contributed by atoms with Crippen LogP contribution in [0, 0.1) is 0 Å². The number of hydrogen-bond acceptors (Lipinski definition) is 9. The normalized spacial score (nSPS) is 18.6. The molecule has 11 heteroatoms. The van der Waals surface area contributed by atoms with Gasteiger partial charge in [0.05, 0.1) is 33.1 Å². The first-order valence-electron chi connectivity index (χ1n) is 17.9. The lowest BCUT2D eigenvalue weighted by molar-refractivity contribution is 0.0204. The van der Waals surface area contributed by atoms with Gasteiger partial charge in [0, 0.05) is 46.0 Å². The van der Waals surface area contributed by atoms with Crippen LogP contribution in [0.5, 0.6) is 0 Å². The van der Waals surface area contributed by atoms with Gasteiger partial charge < -0.3 is 9.64 Å². The number of ether oxygens (including phenoxy) is 1. The average molecular weight is 768 g/mol. The lowest BCUT2D eigenvalue weighted by atomic mass is 9.91. The summed E-state index contributed by atoms with van der Waals surface area (Å²) in [6.45, 7) is 24.5. The van der Waals surface area contributed by atoms with Crippen molar-refractivity contribution in [1.82, 2.24) is 29.8 Å². The molecule has 0 spiro atoms. The average Bonchev–Trinajstić information content (AvgIpc) is 3.93. The number of carbonyl (C=O) groups excluding carboxylic acids is 2. The van der Waals surface area contributed by atoms with E-state index in [1.807, 2.05) is 31.7 Å². The molecule has 9 nitrogen and oxygen atoms in total. The predicted octanol–water partition coefficient (Wildman–Crippen LogP) is 9.47. The van der Waals surface area contributed by atoms with Gasteiger partial charge in [-0.1, -0.05) is 71.3 Å². The SMILES string of the molecule is CC(C)(C)OC(=O)N1CCC(c2nc(-c3cc(C(C)(C)C)nc(C4(C)CC4)n3)cs2)CC1.CC(C)(C)c1cc(C(=O)CBr)nc(C2(C)CC2)n1. The van der Waals surface area contributed by atoms with Crippen LogP contribution in [-0.4, -0.2) is 65.7 Å². The van der Waals surface area contributed by atoms with E-state index in [1.165, 1.54) is 0 Å². The van der Waals surface area contributed by atoms with Crippen molar-refractivity contribution >= 4 is 39.1 Å². The van der Waals surface area contributed by atoms with E-state index in [1.54, 1.807) is 11.3 Å². The van der Waals surface area contributed by atoms with Gasteiger partial charge in [0.2, 0.25) is 0 Å². The minimum atomic E-state index is -0.460. The lowest BCUT2D eigenvalue weighted by Crippen LogP contribution is -2.41. The van der Waals surface area contributed by atoms with Crippen LogP contribution >= 0.6 is 27.3 Å². The topological polar surface area (TPSA) is 111 Å². The summed E-state index contributed by atoms with van der Waals surface area (Å²) in [7, 11) is 0. The zero-order chi connectivity index (χ0) is 36.9. The number of alkyl halides is 1. The largest absolute Gasteiger partial charge is 0.444 e. The van der Waals surface area contributed by atoms with E-state index in [0.29, 0.717) is 30.0 Å². The first-order chi connectivity index (χ1) is 23.1. The van der Waals surface area contributed by atoms with E-state index in [9.17, 15) is 9.59 Å². The van der Waals surface area contributed by atoms with Crippen LogP contribution < -0.4 is 0 Å². The molecule has 3 aromatic rings. The van der Waals surface area contributed by atoms with Gasteiger partial charge in [0.15, 0.2) is 5.78 Å². The number of ketones is 1. The molecule has 0 unspecified atom stereocenters. The molecule has 3 aliphatic rings. The van der Waals surface area contributed by atoms with Crippen LogP contribution in [0.3, 0.4) is 0 Å². The summed E-state index contributed by atoms with van der Waals surface area (Å²) in [5.74, 6) is 2.18. The van der Waals surface area contributed by atoms with Crippen molar-refractivity contribution in [2.45, 2.75) is 148 Å². The highest BCUT2D eigenvalue weighted by atomic mass is 79.9. The standard InChI is InChI=1S/C25H36N4O2S.C14H19BrN2O/c1-23(2,3)19-14-17(27-21(28-19)25(7)10-11-25)18-15-32-20(26-18)16-8-12-29(13-9-16)22(30)31-24(4,5)6;1-13(2,3)11-7-9(10(18)8-15)16-12(17-11)14(4)5-6-14/h14-16H,8-13H2,1-7H3;7H,5-6,8H2,1-4H3. The van der Waals surface area contributed by atoms with Gasteiger partial charge in [0.1, 0.15) is 22.9 Å². The van der Waals surface area contributed by atoms with Crippen molar-refractivity contribution in [3.63, 3.8) is 0 Å². The van der Waals surface area contributed by atoms with Crippen LogP contribution in [0.2, 0.25) is 0 Å². The molecule has 4 heterocycles. The molecule has 3 fully saturated rings. The molecular weight excluding hydrogens is 712 g/mol. The maximum atomic E-state index is 12.4. The highest BCUT2D eigenvalue weighted by molar-refractivity contribution is 9.09. The second-order valence-electron chi connectivity index (χ2n) is 17.9. The number of thiazole rings is 1. The number of rotatable bonds is 6. The third kappa shape index (κ3) is 9.35. The number of carbonyl (C=O) groups is 2. The quantitative estimate of drug-likeness (QED) is 0.180. The van der Waals surface area contributed by atoms with Crippen molar-refractivity contribution in [2.24, 2.45) is 0 Å². The Balaban J connectivity index is 0.000000228. The molecule has 2 aliphatic carbocycles. The zero-order valence-corrected chi connectivity index (χ0v) is 34.3. The van der Waals surface area contributed by atoms with Gasteiger partial charge >= 0.3 is 6.09 Å². The second-order valence-corrected chi connectivity index (χ2v) is 19.4. The fourth-order valence-electron chi connectivity index (χ4n) is 5.60. The van der Waals surface area contributed by atoms with Gasteiger partial charge in [0.25, 0.3) is 0 Å². The summed E-state index contributed by atoms with van der Waals surface area (Å²) in [5, 5.41) is 3.58. The Labute approximate surface area is 311 Å². The Morgan fingerprint density at radius 3 is 1.80 bits per heavy atom. The molecular formula is C39H55BrN6O3S. The van der Waals surface area contributed by atoms with E-state index in [4.69, 9.17) is 19.7 Å². The molecule has 1 amide bonds. The highest BCUT2D eigenvalue weighted by Gasteiger charge is 2.44. The fraction of sp³-hybridized carbons (Fsp3) is 0.667. The smallest absolute Gasteiger partial charge is 0.410 e. The Bertz CT molecular complexity index is 1670. The maximum Gasteiger partial charge on any atom is 0.410 e. The number of amides is 1. The van der Waals surface area contributed by atoms with E-state index in [-0.39, 0.29) is 33.5 Å². The summed E-state index contributed by atoms with van der Waals surface area (Å²) in [5.41, 5.74) is 4.07. The van der Waals surface area contributed by atoms with Gasteiger partial charge in [-0.2, -0.15) is 0 Å². The number of nitrogens with zero attached hydrogens (tertiary/aromatic N) is 6. The molecule has 0 bridgehead atoms. The predicted molar refractivity (Wildman–Crippen MR) is 204 cm³/mol. The molecule has 3 aromatic heterocycles. The fourth-order valence-corrected chi connectivity index (χ4v) is 6.87. The molecule has 6 rings (SSSR count). The number of likely N-dealkylation sites (tertiary alicyclic amines) is 1. The number of aromatic nitrogens is 5. The highest BCUT2D eigenvalue weighted by Crippen LogP contribution is 2.47. The molecule has 1 saturated heterocycles. The van der Waals surface area contributed by atoms with Crippen molar-refractivity contribution in [3.8, 4) is 11.4 Å². The zero-order valence-electron chi connectivity index (χ0n) is 31.9. The number of Topliss-reactive ketones (excluding diaryl/α,β-unsaturated/α-hetero) is 1. The summed E-state index contributed by atoms with van der Waals surface area (Å²) < 4.78 is 5.52.